The van der Waals surface area contributed by atoms with Crippen LogP contribution in [0.15, 0.2) is 122 Å². The predicted molar refractivity (Wildman–Crippen MR) is 534 cm³/mol. The number of carbonyl (C=O) groups excluding carboxylic acids is 8. The second kappa shape index (κ2) is 54.5. The van der Waals surface area contributed by atoms with Gasteiger partial charge in [0.15, 0.2) is 0 Å². The van der Waals surface area contributed by atoms with Crippen LogP contribution in [0.3, 0.4) is 0 Å². The van der Waals surface area contributed by atoms with Crippen molar-refractivity contribution < 1.29 is 117 Å². The number of phenolic OH excluding ortho intramolecular Hbond substituents is 6. The van der Waals surface area contributed by atoms with Crippen molar-refractivity contribution in [1.29, 1.82) is 10.5 Å². The van der Waals surface area contributed by atoms with Crippen LogP contribution in [0.2, 0.25) is 0 Å². The van der Waals surface area contributed by atoms with Crippen molar-refractivity contribution >= 4 is 48.0 Å². The number of rotatable bonds is 32. The summed E-state index contributed by atoms with van der Waals surface area (Å²) in [4.78, 5) is 94.3. The molecule has 6 aromatic rings. The van der Waals surface area contributed by atoms with E-state index in [-0.39, 0.29) is 100 Å². The fourth-order valence-corrected chi connectivity index (χ4v) is 17.7. The van der Waals surface area contributed by atoms with Gasteiger partial charge in [-0.2, -0.15) is 10.5 Å². The van der Waals surface area contributed by atoms with E-state index in [1.54, 1.807) is 24.7 Å². The van der Waals surface area contributed by atoms with Gasteiger partial charge in [-0.05, 0) is 318 Å². The Kier molecular flexibility index (Phi) is 48.5. The van der Waals surface area contributed by atoms with Crippen LogP contribution in [-0.2, 0) is 76.3 Å². The minimum atomic E-state index is -1.28. The Hall–Kier alpha value is -13.4. The van der Waals surface area contributed by atoms with Gasteiger partial charge in [-0.1, -0.05) is 132 Å². The number of aromatic hydroxyl groups is 6. The average molecular weight is 1910 g/mol. The summed E-state index contributed by atoms with van der Waals surface area (Å²) in [6.07, 6.45) is 17.5. The van der Waals surface area contributed by atoms with E-state index in [1.165, 1.54) is 0 Å². The minimum absolute atomic E-state index is 0. The van der Waals surface area contributed by atoms with Crippen LogP contribution in [0.25, 0.3) is 0 Å². The molecule has 138 heavy (non-hydrogen) atoms. The zero-order chi connectivity index (χ0) is 104. The largest absolute Gasteiger partial charge is 0.507 e. The molecule has 0 spiro atoms. The zero-order valence-electron chi connectivity index (χ0n) is 83.7. The fourth-order valence-electron chi connectivity index (χ4n) is 17.7. The molecule has 28 nitrogen and oxygen atoms in total. The Bertz CT molecular complexity index is 4830. The molecule has 0 aliphatic heterocycles. The molecule has 0 radical (unpaired) electrons. The summed E-state index contributed by atoms with van der Waals surface area (Å²) in [7, 11) is 0. The molecule has 4 unspecified atom stereocenters. The van der Waals surface area contributed by atoms with Gasteiger partial charge in [0.1, 0.15) is 86.3 Å². The Balaban J connectivity index is 0.000000842. The number of aliphatic hydroxyl groups is 2. The van der Waals surface area contributed by atoms with Gasteiger partial charge in [0.05, 0.1) is 37.1 Å². The molecule has 4 atom stereocenters. The van der Waals surface area contributed by atoms with Crippen LogP contribution in [-0.4, -0.2) is 167 Å². The predicted octanol–water partition coefficient (Wildman–Crippen LogP) is 19.9. The summed E-state index contributed by atoms with van der Waals surface area (Å²) in [6, 6.07) is 12.5. The van der Waals surface area contributed by atoms with Gasteiger partial charge in [-0.25, -0.2) is 48.3 Å². The van der Waals surface area contributed by atoms with E-state index in [2.05, 4.69) is 169 Å². The fraction of sp³-hybridized carbons (Fsp3) is 0.473. The van der Waals surface area contributed by atoms with Crippen LogP contribution in [0.4, 0.5) is 0 Å². The SMILES string of the molecule is C.C.C=CC(=O)OCC(CO)(COC(=O)C=C)COC(=O)C=C.C=CC(=O)OCC(CO)(COC(=O)C=C)COC(=O)C=C.CC1(C)CC(OC#N)CC(C)(CN=C=O)C1.CC1(C)CC(OC#N)CC(C)(CN=C=O)C1.Cc1cc(C(c2cc(C)c(O)c(C)c2C)c2cc(C)c(O)c(C)c2C)c(C)c(C)c1O.Cc1cc(C(c2cc(C)c(O)c(C)c2C)c2cc(C)c(O)c(C)c2C)c(C)c(C)c1O. The normalized spacial score (nSPS) is 15.7. The summed E-state index contributed by atoms with van der Waals surface area (Å²) in [5.41, 5.74) is 21.0. The Morgan fingerprint density at radius 3 is 0.674 bits per heavy atom. The molecule has 0 amide bonds. The average Bonchev–Trinajstić information content (AvgIpc) is 0.751. The zero-order valence-corrected chi connectivity index (χ0v) is 83.7. The van der Waals surface area contributed by atoms with Gasteiger partial charge in [-0.3, -0.25) is 0 Å². The number of nitrogens with zero attached hydrogens (tertiary/aromatic N) is 4. The van der Waals surface area contributed by atoms with Crippen molar-refractivity contribution in [2.24, 2.45) is 42.5 Å². The number of benzene rings is 6. The first kappa shape index (κ1) is 123. The first-order valence-corrected chi connectivity index (χ1v) is 44.3. The number of phenols is 6. The van der Waals surface area contributed by atoms with E-state index in [0.717, 1.165) is 209 Å². The van der Waals surface area contributed by atoms with E-state index in [4.69, 9.17) is 48.4 Å². The number of isocyanates is 2. The highest BCUT2D eigenvalue weighted by Gasteiger charge is 2.45. The Morgan fingerprint density at radius 1 is 0.355 bits per heavy atom. The molecule has 28 heteroatoms. The summed E-state index contributed by atoms with van der Waals surface area (Å²) >= 11 is 0. The second-order valence-electron chi connectivity index (χ2n) is 37.9. The molecule has 0 bridgehead atoms. The first-order chi connectivity index (χ1) is 63.4. The van der Waals surface area contributed by atoms with Crippen molar-refractivity contribution in [2.75, 3.05) is 65.9 Å². The highest BCUT2D eigenvalue weighted by atomic mass is 16.6. The third kappa shape index (κ3) is 33.5. The molecule has 2 aliphatic carbocycles. The number of hydrogen-bond acceptors (Lipinski definition) is 28. The van der Waals surface area contributed by atoms with Crippen LogP contribution in [0.5, 0.6) is 34.5 Å². The summed E-state index contributed by atoms with van der Waals surface area (Å²) < 4.78 is 39.1. The van der Waals surface area contributed by atoms with E-state index in [1.807, 2.05) is 83.1 Å². The quantitative estimate of drug-likeness (QED) is 0.00370. The van der Waals surface area contributed by atoms with E-state index < -0.39 is 59.9 Å². The van der Waals surface area contributed by atoms with Crippen molar-refractivity contribution in [1.82, 2.24) is 0 Å². The van der Waals surface area contributed by atoms with E-state index in [9.17, 15) is 79.2 Å². The van der Waals surface area contributed by atoms with Gasteiger partial charge in [0.2, 0.25) is 12.2 Å². The van der Waals surface area contributed by atoms with Gasteiger partial charge < -0.3 is 78.7 Å². The second-order valence-corrected chi connectivity index (χ2v) is 37.9. The lowest BCUT2D eigenvalue weighted by Crippen LogP contribution is -2.42. The van der Waals surface area contributed by atoms with Crippen molar-refractivity contribution in [3.05, 3.63) is 246 Å². The molecule has 2 saturated carbocycles. The highest BCUT2D eigenvalue weighted by molar-refractivity contribution is 5.83. The molecule has 0 heterocycles. The first-order valence-electron chi connectivity index (χ1n) is 44.3. The number of aliphatic hydroxyl groups excluding tert-OH is 2. The molecule has 2 aliphatic rings. The number of ether oxygens (including phenoxy) is 8. The maximum atomic E-state index is 11.1. The van der Waals surface area contributed by atoms with Gasteiger partial charge in [0, 0.05) is 48.3 Å². The topological polar surface area (TPSA) is 445 Å². The maximum Gasteiger partial charge on any atom is 0.330 e. The van der Waals surface area contributed by atoms with Crippen LogP contribution in [0, 0.1) is 180 Å². The Morgan fingerprint density at radius 2 is 0.529 bits per heavy atom. The number of nitriles is 2. The maximum absolute atomic E-state index is 11.1. The van der Waals surface area contributed by atoms with E-state index >= 15 is 0 Å². The van der Waals surface area contributed by atoms with Gasteiger partial charge >= 0.3 is 35.8 Å². The molecule has 0 saturated heterocycles. The molecule has 8 N–H and O–H groups in total. The minimum Gasteiger partial charge on any atom is -0.507 e. The molecule has 0 aromatic heterocycles. The van der Waals surface area contributed by atoms with Gasteiger partial charge in [-0.15, -0.1) is 0 Å². The number of aliphatic imine (C=N–C) groups is 2. The van der Waals surface area contributed by atoms with Crippen molar-refractivity contribution in [2.45, 2.75) is 244 Å². The number of carbonyl (C=O) groups is 6. The molecular weight excluding hydrogens is 1760 g/mol. The van der Waals surface area contributed by atoms with Crippen LogP contribution < -0.4 is 0 Å². The third-order valence-corrected chi connectivity index (χ3v) is 25.5. The van der Waals surface area contributed by atoms with Gasteiger partial charge in [0.25, 0.3) is 12.5 Å². The third-order valence-electron chi connectivity index (χ3n) is 25.5. The standard InChI is InChI=1S/2C28H34O3.2C14H18O7.2C12H18N2O2.2CH4/c2*1-13-10-22(16(4)19(7)26(13)29)25(23-11-14(2)27(30)20(8)17(23)5)24-12-15(3)28(31)21(9)18(24)6;2*1-4-11(16)19-8-14(7-15,9-20-12(17)5-2)10-21-13(18)6-3;2*1-11(2)4-10(16-8-13)5-12(3,6-11)7-14-9-15;;/h2*10-12,25,29-31H,1-9H3;2*4-6,15H,1-3,7-10H2;2*10H,4-7H2,1-3H3;2*1H4. The number of hydrogen-bond donors (Lipinski definition) is 8. The molecule has 6 aromatic carbocycles. The summed E-state index contributed by atoms with van der Waals surface area (Å²) in [6.45, 7) is 65.7. The monoisotopic (exact) mass is 1910 g/mol. The van der Waals surface area contributed by atoms with Crippen LogP contribution in [0.1, 0.15) is 240 Å². The molecule has 2 fully saturated rings. The number of esters is 6. The molecular formula is C110H148N4O24. The van der Waals surface area contributed by atoms with E-state index in [0.29, 0.717) is 47.6 Å². The molecule has 8 rings (SSSR count). The Labute approximate surface area is 816 Å². The summed E-state index contributed by atoms with van der Waals surface area (Å²) in [5, 5.41) is 99.3. The lowest BCUT2D eigenvalue weighted by atomic mass is 9.63. The molecule has 752 valence electrons. The smallest absolute Gasteiger partial charge is 0.330 e. The van der Waals surface area contributed by atoms with Crippen LogP contribution >= 0.6 is 0 Å². The highest BCUT2D eigenvalue weighted by Crippen LogP contribution is 2.51. The lowest BCUT2D eigenvalue weighted by molar-refractivity contribution is -0.161. The van der Waals surface area contributed by atoms with Crippen molar-refractivity contribution in [3.8, 4) is 47.0 Å². The summed E-state index contributed by atoms with van der Waals surface area (Å²) in [5.74, 6) is -2.50. The lowest BCUT2D eigenvalue weighted by Gasteiger charge is -2.44. The van der Waals surface area contributed by atoms with Crippen molar-refractivity contribution in [3.63, 3.8) is 0 Å². The number of aryl methyl sites for hydroxylation is 6.